The molecule has 0 aliphatic carbocycles. The minimum atomic E-state index is -3.71. The predicted molar refractivity (Wildman–Crippen MR) is 182 cm³/mol. The van der Waals surface area contributed by atoms with Crippen molar-refractivity contribution in [3.63, 3.8) is 0 Å². The van der Waals surface area contributed by atoms with Crippen LogP contribution in [0.1, 0.15) is 52.7 Å². The van der Waals surface area contributed by atoms with E-state index >= 15 is 0 Å². The normalized spacial score (nSPS) is 13.3. The number of benzene rings is 4. The Bertz CT molecular complexity index is 1680. The van der Waals surface area contributed by atoms with Gasteiger partial charge in [-0.3, -0.25) is 0 Å². The maximum atomic E-state index is 13.1. The maximum absolute atomic E-state index is 13.1. The van der Waals surface area contributed by atoms with Gasteiger partial charge in [-0.2, -0.15) is 0 Å². The molecule has 2 unspecified atom stereocenters. The van der Waals surface area contributed by atoms with Gasteiger partial charge < -0.3 is 29.2 Å². The van der Waals surface area contributed by atoms with Gasteiger partial charge in [0.05, 0.1) is 22.0 Å². The molecule has 4 rings (SSSR count). The zero-order valence-corrected chi connectivity index (χ0v) is 28.7. The molecule has 9 heteroatoms. The van der Waals surface area contributed by atoms with Crippen LogP contribution in [0.15, 0.2) is 107 Å². The first kappa shape index (κ1) is 35.8. The summed E-state index contributed by atoms with van der Waals surface area (Å²) in [5, 5.41) is 20.7. The van der Waals surface area contributed by atoms with E-state index in [9.17, 15) is 18.6 Å². The predicted octanol–water partition coefficient (Wildman–Crippen LogP) is 6.85. The lowest BCUT2D eigenvalue weighted by molar-refractivity contribution is 0.0626. The van der Waals surface area contributed by atoms with E-state index in [1.165, 1.54) is 24.3 Å². The Hall–Kier alpha value is -4.05. The van der Waals surface area contributed by atoms with Crippen molar-refractivity contribution < 1.29 is 37.6 Å². The molecule has 2 atom stereocenters. The number of aliphatic hydroxyl groups is 2. The van der Waals surface area contributed by atoms with Gasteiger partial charge in [0.2, 0.25) is 9.84 Å². The number of aliphatic hydroxyl groups excluding tert-OH is 2. The Morgan fingerprint density at radius 1 is 0.617 bits per heavy atom. The summed E-state index contributed by atoms with van der Waals surface area (Å²) in [7, 11) is -3.71. The summed E-state index contributed by atoms with van der Waals surface area (Å²) >= 11 is 0. The van der Waals surface area contributed by atoms with Gasteiger partial charge in [0.15, 0.2) is 0 Å². The monoisotopic (exact) mass is 662 g/mol. The second-order valence-corrected chi connectivity index (χ2v) is 14.6. The van der Waals surface area contributed by atoms with E-state index in [1.807, 2.05) is 76.2 Å². The van der Waals surface area contributed by atoms with Crippen LogP contribution in [0, 0.1) is 5.92 Å². The summed E-state index contributed by atoms with van der Waals surface area (Å²) < 4.78 is 49.2. The molecule has 4 aromatic rings. The quantitative estimate of drug-likeness (QED) is 0.134. The zero-order chi connectivity index (χ0) is 34.2. The topological polar surface area (TPSA) is 112 Å². The molecule has 47 heavy (non-hydrogen) atoms. The standard InChI is InChI=1S/C38H46O8S/c1-26(2)37(40)25-45-34-12-8-10-29(22-34)38(5,6)28-9-7-11-33(21-28)44-24-30(39)23-43-31-13-17-35(18-14-31)47(41,42)36-19-15-32(16-20-36)46-27(3)4/h7-22,26-27,30,37,39-40H,23-25H2,1-6H3. The molecule has 4 aromatic carbocycles. The van der Waals surface area contributed by atoms with Crippen LogP contribution in [0.2, 0.25) is 0 Å². The fraction of sp³-hybridized carbons (Fsp3) is 0.368. The zero-order valence-electron chi connectivity index (χ0n) is 27.9. The highest BCUT2D eigenvalue weighted by Gasteiger charge is 2.25. The van der Waals surface area contributed by atoms with Gasteiger partial charge in [0.25, 0.3) is 0 Å². The minimum Gasteiger partial charge on any atom is -0.491 e. The molecule has 0 aliphatic heterocycles. The van der Waals surface area contributed by atoms with Crippen molar-refractivity contribution in [2.24, 2.45) is 5.92 Å². The first-order valence-corrected chi connectivity index (χ1v) is 17.3. The lowest BCUT2D eigenvalue weighted by Crippen LogP contribution is -2.25. The average molecular weight is 663 g/mol. The van der Waals surface area contributed by atoms with Crippen LogP contribution < -0.4 is 18.9 Å². The fourth-order valence-corrected chi connectivity index (χ4v) is 6.00. The van der Waals surface area contributed by atoms with E-state index in [0.29, 0.717) is 23.0 Å². The van der Waals surface area contributed by atoms with Crippen LogP contribution in [0.3, 0.4) is 0 Å². The van der Waals surface area contributed by atoms with E-state index in [0.717, 1.165) is 11.1 Å². The van der Waals surface area contributed by atoms with Gasteiger partial charge in [-0.1, -0.05) is 52.0 Å². The maximum Gasteiger partial charge on any atom is 0.206 e. The van der Waals surface area contributed by atoms with Crippen molar-refractivity contribution in [2.45, 2.75) is 75.1 Å². The first-order chi connectivity index (χ1) is 22.3. The van der Waals surface area contributed by atoms with Gasteiger partial charge in [0.1, 0.15) is 48.9 Å². The van der Waals surface area contributed by atoms with Crippen molar-refractivity contribution in [2.75, 3.05) is 19.8 Å². The van der Waals surface area contributed by atoms with Crippen LogP contribution in [0.5, 0.6) is 23.0 Å². The number of ether oxygens (including phenoxy) is 4. The van der Waals surface area contributed by atoms with Crippen LogP contribution in [-0.4, -0.2) is 56.8 Å². The number of rotatable bonds is 16. The molecule has 8 nitrogen and oxygen atoms in total. The molecular weight excluding hydrogens is 616 g/mol. The van der Waals surface area contributed by atoms with Gasteiger partial charge in [-0.15, -0.1) is 0 Å². The molecule has 0 saturated carbocycles. The summed E-state index contributed by atoms with van der Waals surface area (Å²) in [6.45, 7) is 12.2. The highest BCUT2D eigenvalue weighted by molar-refractivity contribution is 7.91. The minimum absolute atomic E-state index is 0.00815. The van der Waals surface area contributed by atoms with Crippen LogP contribution in [0.25, 0.3) is 0 Å². The third kappa shape index (κ3) is 9.73. The van der Waals surface area contributed by atoms with E-state index < -0.39 is 22.0 Å². The molecule has 0 radical (unpaired) electrons. The van der Waals surface area contributed by atoms with Crippen molar-refractivity contribution in [1.82, 2.24) is 0 Å². The molecule has 0 fully saturated rings. The van der Waals surface area contributed by atoms with Crippen molar-refractivity contribution in [3.8, 4) is 23.0 Å². The summed E-state index contributed by atoms with van der Waals surface area (Å²) in [6.07, 6.45) is -1.46. The third-order valence-electron chi connectivity index (χ3n) is 7.83. The number of sulfone groups is 1. The van der Waals surface area contributed by atoms with Crippen LogP contribution in [0.4, 0.5) is 0 Å². The molecule has 0 amide bonds. The molecule has 252 valence electrons. The van der Waals surface area contributed by atoms with Crippen LogP contribution >= 0.6 is 0 Å². The molecule has 2 N–H and O–H groups in total. The Morgan fingerprint density at radius 3 is 1.53 bits per heavy atom. The van der Waals surface area contributed by atoms with E-state index in [2.05, 4.69) is 13.8 Å². The molecule has 0 spiro atoms. The molecule has 0 heterocycles. The SMILES string of the molecule is CC(C)Oc1ccc(S(=O)(=O)c2ccc(OCC(O)COc3cccc(C(C)(C)c4cccc(OCC(O)C(C)C)c4)c3)cc2)cc1. The van der Waals surface area contributed by atoms with Gasteiger partial charge in [-0.25, -0.2) is 8.42 Å². The number of hydrogen-bond acceptors (Lipinski definition) is 8. The summed E-state index contributed by atoms with van der Waals surface area (Å²) in [4.78, 5) is 0.306. The lowest BCUT2D eigenvalue weighted by Gasteiger charge is -2.27. The largest absolute Gasteiger partial charge is 0.491 e. The number of hydrogen-bond donors (Lipinski definition) is 2. The summed E-state index contributed by atoms with van der Waals surface area (Å²) in [5.74, 6) is 2.46. The Balaban J connectivity index is 1.31. The summed E-state index contributed by atoms with van der Waals surface area (Å²) in [6, 6.07) is 28.0. The summed E-state index contributed by atoms with van der Waals surface area (Å²) in [5.41, 5.74) is 1.70. The van der Waals surface area contributed by atoms with Gasteiger partial charge >= 0.3 is 0 Å². The Kier molecular flexibility index (Phi) is 12.0. The lowest BCUT2D eigenvalue weighted by atomic mass is 9.78. The fourth-order valence-electron chi connectivity index (χ4n) is 4.74. The molecule has 0 saturated heterocycles. The highest BCUT2D eigenvalue weighted by atomic mass is 32.2. The van der Waals surface area contributed by atoms with Gasteiger partial charge in [-0.05, 0) is 104 Å². The van der Waals surface area contributed by atoms with Crippen LogP contribution in [-0.2, 0) is 15.3 Å². The second-order valence-electron chi connectivity index (χ2n) is 12.7. The van der Waals surface area contributed by atoms with E-state index in [1.54, 1.807) is 24.3 Å². The van der Waals surface area contributed by atoms with Gasteiger partial charge in [0, 0.05) is 5.41 Å². The average Bonchev–Trinajstić information content (AvgIpc) is 3.05. The highest BCUT2D eigenvalue weighted by Crippen LogP contribution is 2.35. The smallest absolute Gasteiger partial charge is 0.206 e. The van der Waals surface area contributed by atoms with E-state index in [-0.39, 0.29) is 47.0 Å². The van der Waals surface area contributed by atoms with Crippen molar-refractivity contribution in [1.29, 1.82) is 0 Å². The molecule has 0 bridgehead atoms. The van der Waals surface area contributed by atoms with Crippen molar-refractivity contribution in [3.05, 3.63) is 108 Å². The Labute approximate surface area is 278 Å². The molecule has 0 aromatic heterocycles. The second kappa shape index (κ2) is 15.7. The Morgan fingerprint density at radius 2 is 1.06 bits per heavy atom. The third-order valence-corrected chi connectivity index (χ3v) is 9.61. The van der Waals surface area contributed by atoms with E-state index in [4.69, 9.17) is 18.9 Å². The first-order valence-electron chi connectivity index (χ1n) is 15.8. The molecular formula is C38H46O8S. The van der Waals surface area contributed by atoms with Crippen molar-refractivity contribution >= 4 is 9.84 Å². The molecule has 0 aliphatic rings.